The Bertz CT molecular complexity index is 4390. The summed E-state index contributed by atoms with van der Waals surface area (Å²) in [4.78, 5) is 5.79. The van der Waals surface area contributed by atoms with Crippen LogP contribution in [0.3, 0.4) is 0 Å². The van der Waals surface area contributed by atoms with Crippen LogP contribution in [-0.2, 0) is 21.7 Å². The third kappa shape index (κ3) is 5.86. The van der Waals surface area contributed by atoms with Crippen molar-refractivity contribution in [3.8, 4) is 44.5 Å². The van der Waals surface area contributed by atoms with Crippen LogP contribution >= 0.6 is 0 Å². The van der Waals surface area contributed by atoms with Crippen LogP contribution in [0.25, 0.3) is 87.6 Å². The quantitative estimate of drug-likeness (QED) is 0.110. The van der Waals surface area contributed by atoms with E-state index in [1.54, 1.807) is 0 Å². The van der Waals surface area contributed by atoms with Gasteiger partial charge in [0.15, 0.2) is 0 Å². The average Bonchev–Trinajstić information content (AvgIpc) is 2.59. The smallest absolute Gasteiger partial charge is 0.329 e. The molecule has 0 amide bonds. The van der Waals surface area contributed by atoms with E-state index < -0.39 is 0 Å². The fourth-order valence-electron chi connectivity index (χ4n) is 15.8. The van der Waals surface area contributed by atoms with Crippen LogP contribution in [0.2, 0.25) is 0 Å². The van der Waals surface area contributed by atoms with Gasteiger partial charge in [-0.1, -0.05) is 229 Å². The molecule has 0 spiro atoms. The molecule has 11 aromatic carbocycles. The molecule has 0 N–H and O–H groups in total. The average molecular weight is 1010 g/mol. The normalized spacial score (nSPS) is 15.0. The lowest BCUT2D eigenvalue weighted by Gasteiger charge is -2.55. The van der Waals surface area contributed by atoms with Crippen molar-refractivity contribution in [1.82, 2.24) is 0 Å². The van der Waals surface area contributed by atoms with E-state index >= 15 is 0 Å². The lowest BCUT2D eigenvalue weighted by molar-refractivity contribution is 0.590. The van der Waals surface area contributed by atoms with Crippen LogP contribution in [0.15, 0.2) is 164 Å². The van der Waals surface area contributed by atoms with E-state index in [1.807, 2.05) is 0 Å². The van der Waals surface area contributed by atoms with Crippen LogP contribution in [0.1, 0.15) is 105 Å². The summed E-state index contributed by atoms with van der Waals surface area (Å²) in [5.74, 6) is 0. The Hall–Kier alpha value is -7.75. The molecule has 0 aliphatic carbocycles. The molecule has 0 unspecified atom stereocenters. The highest BCUT2D eigenvalue weighted by molar-refractivity contribution is 7.06. The lowest BCUT2D eigenvalue weighted by Crippen LogP contribution is -2.72. The van der Waals surface area contributed by atoms with Gasteiger partial charge in [-0.2, -0.15) is 0 Å². The number of nitrogens with zero attached hydrogens (tertiary/aromatic N) is 2. The van der Waals surface area contributed by atoms with Gasteiger partial charge in [-0.15, -0.1) is 0 Å². The zero-order chi connectivity index (χ0) is 53.9. The number of fused-ring (bicyclic) bond motifs is 22. The highest BCUT2D eigenvalue weighted by Gasteiger charge is 2.57. The van der Waals surface area contributed by atoms with Crippen molar-refractivity contribution in [2.24, 2.45) is 0 Å². The minimum Gasteiger partial charge on any atom is -0.377 e. The summed E-state index contributed by atoms with van der Waals surface area (Å²) >= 11 is 0. The lowest BCUT2D eigenvalue weighted by atomic mass is 9.28. The predicted molar refractivity (Wildman–Crippen MR) is 345 cm³/mol. The van der Waals surface area contributed by atoms with Gasteiger partial charge in [0, 0.05) is 45.0 Å². The Balaban J connectivity index is 1.10. The van der Waals surface area contributed by atoms with Gasteiger partial charge in [0.05, 0.1) is 0 Å². The molecule has 11 aromatic rings. The maximum absolute atomic E-state index is 2.89. The number of rotatable bonds is 0. The predicted octanol–water partition coefficient (Wildman–Crippen LogP) is 14.4. The first-order valence-corrected chi connectivity index (χ1v) is 29.1. The van der Waals surface area contributed by atoms with E-state index in [9.17, 15) is 0 Å². The first-order chi connectivity index (χ1) is 37.7. The molecule has 2 nitrogen and oxygen atoms in total. The van der Waals surface area contributed by atoms with Gasteiger partial charge in [-0.25, -0.2) is 0 Å². The zero-order valence-corrected chi connectivity index (χ0v) is 47.7. The zero-order valence-electron chi connectivity index (χ0n) is 47.7. The van der Waals surface area contributed by atoms with E-state index in [-0.39, 0.29) is 42.1 Å². The summed E-state index contributed by atoms with van der Waals surface area (Å²) in [5.41, 5.74) is 31.6. The van der Waals surface area contributed by atoms with Crippen LogP contribution < -0.4 is 47.9 Å². The van der Waals surface area contributed by atoms with Crippen LogP contribution in [-0.4, -0.2) is 20.4 Å². The molecule has 0 saturated heterocycles. The monoisotopic (exact) mass is 1010 g/mol. The molecule has 0 radical (unpaired) electrons. The minimum atomic E-state index is -0.125. The SMILES string of the molecule is CC(C)(C)c1ccc2c(c1)B1c3ccc4c(ccc5ccccc54)c3-c3cc(C(C)(C)C)cc4c3N1c1c-2cc2c3c1B4c1cc(C(C)(C)C)cc4c1N3B(c1cc(C(C)(C)C)ccc1-2)c1ccc2c(ccc3ccccc32)c1-4. The number of anilines is 4. The molecule has 0 saturated carbocycles. The van der Waals surface area contributed by atoms with Crippen LogP contribution in [0.4, 0.5) is 22.7 Å². The van der Waals surface area contributed by atoms with Gasteiger partial charge in [-0.05, 0) is 166 Å². The second-order valence-electron chi connectivity index (χ2n) is 28.4. The molecule has 5 heteroatoms. The first kappa shape index (κ1) is 46.2. The molecule has 378 valence electrons. The van der Waals surface area contributed by atoms with Gasteiger partial charge in [0.25, 0.3) is 6.71 Å². The standard InChI is InChI=1S/C74H63B3N2/c1-71(2,3)42-23-27-50-54-39-55-51-28-24-43(72(4,5)6)36-61(51)77-59-32-30-49-47-20-16-14-18-41(47)22-26-53(49)65(59)57-34-45(74(10,11)12)38-63-68(57)79(77)70(55)66-69(54)78-67-56(33-44(73(7,8)9)37-62(67)75(63)66)64-52-25-21-40-17-13-15-19-46(40)48(52)29-31-58(64)76(78)60(50)35-42/h13-39H,1-12H3. The highest BCUT2D eigenvalue weighted by atomic mass is 15.1. The van der Waals surface area contributed by atoms with Gasteiger partial charge >= 0.3 is 13.7 Å². The van der Waals surface area contributed by atoms with Gasteiger partial charge in [0.2, 0.25) is 0 Å². The minimum absolute atomic E-state index is 0.0369. The van der Waals surface area contributed by atoms with Crippen molar-refractivity contribution in [3.63, 3.8) is 0 Å². The third-order valence-corrected chi connectivity index (χ3v) is 19.8. The van der Waals surface area contributed by atoms with E-state index in [1.165, 1.54) is 171 Å². The van der Waals surface area contributed by atoms with E-state index in [0.29, 0.717) is 0 Å². The Morgan fingerprint density at radius 1 is 0.278 bits per heavy atom. The first-order valence-electron chi connectivity index (χ1n) is 29.1. The van der Waals surface area contributed by atoms with E-state index in [4.69, 9.17) is 0 Å². The third-order valence-electron chi connectivity index (χ3n) is 19.8. The van der Waals surface area contributed by atoms with Gasteiger partial charge in [-0.3, -0.25) is 0 Å². The van der Waals surface area contributed by atoms with Crippen molar-refractivity contribution < 1.29 is 0 Å². The second-order valence-corrected chi connectivity index (χ2v) is 28.4. The second kappa shape index (κ2) is 14.7. The highest BCUT2D eigenvalue weighted by Crippen LogP contribution is 2.57. The van der Waals surface area contributed by atoms with E-state index in [2.05, 4.69) is 256 Å². The van der Waals surface area contributed by atoms with Gasteiger partial charge in [0.1, 0.15) is 0 Å². The maximum Gasteiger partial charge on any atom is 0.329 e. The van der Waals surface area contributed by atoms with Crippen molar-refractivity contribution in [1.29, 1.82) is 0 Å². The molecule has 0 atom stereocenters. The largest absolute Gasteiger partial charge is 0.377 e. The Morgan fingerprint density at radius 3 is 1.09 bits per heavy atom. The van der Waals surface area contributed by atoms with Gasteiger partial charge < -0.3 is 9.62 Å². The van der Waals surface area contributed by atoms with Crippen molar-refractivity contribution in [2.75, 3.05) is 9.62 Å². The molecular weight excluding hydrogens is 949 g/mol. The molecule has 6 heterocycles. The fourth-order valence-corrected chi connectivity index (χ4v) is 15.8. The summed E-state index contributed by atoms with van der Waals surface area (Å²) in [6.45, 7) is 28.7. The molecule has 0 fully saturated rings. The molecule has 0 bridgehead atoms. The molecule has 17 rings (SSSR count). The van der Waals surface area contributed by atoms with Crippen LogP contribution in [0.5, 0.6) is 0 Å². The summed E-state index contributed by atoms with van der Waals surface area (Å²) in [7, 11) is 0. The fraction of sp³-hybridized carbons (Fsp3) is 0.216. The molecule has 79 heavy (non-hydrogen) atoms. The molecule has 0 aromatic heterocycles. The summed E-state index contributed by atoms with van der Waals surface area (Å²) in [6.07, 6.45) is 0. The van der Waals surface area contributed by atoms with Crippen LogP contribution in [0, 0.1) is 0 Å². The van der Waals surface area contributed by atoms with Crippen molar-refractivity contribution in [3.05, 3.63) is 186 Å². The van der Waals surface area contributed by atoms with Crippen molar-refractivity contribution >= 4 is 124 Å². The Labute approximate surface area is 466 Å². The number of hydrogen-bond acceptors (Lipinski definition) is 2. The molecule has 6 aliphatic rings. The Kier molecular flexibility index (Phi) is 8.61. The molecular formula is C74H63B3N2. The maximum atomic E-state index is 2.89. The number of hydrogen-bond donors (Lipinski definition) is 0. The molecule has 6 aliphatic heterocycles. The number of benzene rings is 11. The topological polar surface area (TPSA) is 6.48 Å². The van der Waals surface area contributed by atoms with E-state index in [0.717, 1.165) is 0 Å². The van der Waals surface area contributed by atoms with Crippen molar-refractivity contribution in [2.45, 2.75) is 105 Å². The summed E-state index contributed by atoms with van der Waals surface area (Å²) < 4.78 is 0. The summed E-state index contributed by atoms with van der Waals surface area (Å²) in [5, 5.41) is 10.5. The summed E-state index contributed by atoms with van der Waals surface area (Å²) in [6, 6.07) is 66.0. The Morgan fingerprint density at radius 2 is 0.671 bits per heavy atom.